The molecule has 2 aromatic rings. The van der Waals surface area contributed by atoms with Crippen molar-refractivity contribution in [3.05, 3.63) is 27.1 Å². The molecule has 2 saturated heterocycles. The van der Waals surface area contributed by atoms with Crippen LogP contribution in [0.4, 0.5) is 5.95 Å². The third-order valence-corrected chi connectivity index (χ3v) is 8.56. The maximum Gasteiger partial charge on any atom is 0.481 e. The normalized spacial score (nSPS) is 41.7. The van der Waals surface area contributed by atoms with E-state index in [1.807, 2.05) is 0 Å². The van der Waals surface area contributed by atoms with Crippen LogP contribution < -0.4 is 5.56 Å². The van der Waals surface area contributed by atoms with Gasteiger partial charge < -0.3 is 39.7 Å². The van der Waals surface area contributed by atoms with Crippen molar-refractivity contribution < 1.29 is 62.2 Å². The minimum atomic E-state index is -5.35. The van der Waals surface area contributed by atoms with E-state index in [9.17, 15) is 44.1 Å². The van der Waals surface area contributed by atoms with Gasteiger partial charge in [-0.1, -0.05) is 0 Å². The molecule has 0 radical (unpaired) electrons. The van der Waals surface area contributed by atoms with E-state index in [2.05, 4.69) is 33.4 Å². The number of fused-ring (bicyclic) bond motifs is 7. The van der Waals surface area contributed by atoms with Gasteiger partial charge in [-0.05, 0) is 10.6 Å². The summed E-state index contributed by atoms with van der Waals surface area (Å²) >= 11 is 0. The van der Waals surface area contributed by atoms with E-state index in [0.29, 0.717) is 0 Å². The first-order chi connectivity index (χ1) is 17.8. The fraction of sp³-hybridized carbons (Fsp3) is 0.667. The second kappa shape index (κ2) is 9.70. The number of ether oxygens (including phenoxy) is 2. The molecule has 2 fully saturated rings. The number of aliphatic hydroxyl groups excluding tert-OH is 4. The van der Waals surface area contributed by atoms with E-state index in [4.69, 9.17) is 15.0 Å². The van der Waals surface area contributed by atoms with Gasteiger partial charge in [-0.15, -0.1) is 0 Å². The van der Waals surface area contributed by atoms with Gasteiger partial charge in [0.05, 0.1) is 13.2 Å². The highest BCUT2D eigenvalue weighted by atomic mass is 31.3. The van der Waals surface area contributed by atoms with E-state index in [0.717, 1.165) is 15.5 Å². The van der Waals surface area contributed by atoms with Gasteiger partial charge in [-0.25, -0.2) is 19.1 Å². The molecule has 8 bridgehead atoms. The standard InChI is InChI=1S/C15H19N7O14P2/c16-20-19-15-18-6-11-17-3-21(12(6)27)13-9(25)7(23)4(34-13)1-32-37(28,29)36-38(30,31)33-2-5-8(24)10(26)14(35-5)22(11)15/h3-5,7-10,13-14,23-26H,1-2H2,(H,28,29)(H,30,31)/t4-,5-,7-,8-,9-,10-,13-,14-/m1/s1. The van der Waals surface area contributed by atoms with Crippen LogP contribution in [0.1, 0.15) is 12.5 Å². The predicted octanol–water partition coefficient (Wildman–Crippen LogP) is -1.96. The zero-order chi connectivity index (χ0) is 27.6. The van der Waals surface area contributed by atoms with Gasteiger partial charge in [0.25, 0.3) is 5.56 Å². The molecule has 208 valence electrons. The molecular weight excluding hydrogens is 564 g/mol. The molecule has 2 aromatic heterocycles. The number of aliphatic hydroxyl groups is 4. The van der Waals surface area contributed by atoms with E-state index in [1.54, 1.807) is 0 Å². The monoisotopic (exact) mass is 583 g/mol. The van der Waals surface area contributed by atoms with Crippen molar-refractivity contribution in [2.75, 3.05) is 13.2 Å². The molecule has 38 heavy (non-hydrogen) atoms. The highest BCUT2D eigenvalue weighted by Crippen LogP contribution is 2.60. The minimum absolute atomic E-state index is 0.294. The maximum atomic E-state index is 13.2. The molecule has 0 spiro atoms. The average molecular weight is 583 g/mol. The first-order valence-corrected chi connectivity index (χ1v) is 13.6. The van der Waals surface area contributed by atoms with E-state index < -0.39 is 95.0 Å². The van der Waals surface area contributed by atoms with Gasteiger partial charge in [0.1, 0.15) is 43.0 Å². The first kappa shape index (κ1) is 27.3. The molecular formula is C15H19N7O14P2. The van der Waals surface area contributed by atoms with Crippen molar-refractivity contribution in [1.82, 2.24) is 19.1 Å². The van der Waals surface area contributed by atoms with Gasteiger partial charge in [0, 0.05) is 4.91 Å². The summed E-state index contributed by atoms with van der Waals surface area (Å²) < 4.78 is 50.3. The van der Waals surface area contributed by atoms with Crippen LogP contribution in [0.25, 0.3) is 21.6 Å². The molecule has 0 amide bonds. The minimum Gasteiger partial charge on any atom is -0.387 e. The average Bonchev–Trinajstić information content (AvgIpc) is 3.44. The summed E-state index contributed by atoms with van der Waals surface area (Å²) in [6.45, 7) is -1.93. The van der Waals surface area contributed by atoms with Crippen LogP contribution >= 0.6 is 15.6 Å². The molecule has 23 heteroatoms. The van der Waals surface area contributed by atoms with Crippen molar-refractivity contribution >= 4 is 32.8 Å². The lowest BCUT2D eigenvalue weighted by atomic mass is 10.1. The van der Waals surface area contributed by atoms with E-state index in [-0.39, 0.29) is 5.65 Å². The van der Waals surface area contributed by atoms with E-state index in [1.165, 1.54) is 0 Å². The summed E-state index contributed by atoms with van der Waals surface area (Å²) in [5.41, 5.74) is 7.25. The summed E-state index contributed by atoms with van der Waals surface area (Å²) in [6.07, 6.45) is -12.6. The van der Waals surface area contributed by atoms with Crippen LogP contribution in [0, 0.1) is 0 Å². The molecule has 6 N–H and O–H groups in total. The number of hydrogen-bond acceptors (Lipinski definition) is 15. The third kappa shape index (κ3) is 4.68. The van der Waals surface area contributed by atoms with Crippen LogP contribution in [0.5, 0.6) is 0 Å². The molecule has 10 atom stereocenters. The number of phosphoric acid groups is 2. The quantitative estimate of drug-likeness (QED) is 0.0918. The fourth-order valence-corrected chi connectivity index (χ4v) is 6.28. The molecule has 6 heterocycles. The van der Waals surface area contributed by atoms with Crippen LogP contribution in [-0.4, -0.2) is 99.2 Å². The SMILES string of the molecule is [N-]=[N+]=Nc1nc2c(=O)n3cnc2n1[C@@H]1O[C@H](COP(=O)(O)OP(=O)(O)OC[C@H]2O[C@@H]3[C@H](O)[C@@H]2O)[C@@H](O)[C@H]1O. The number of hydrogen-bond donors (Lipinski definition) is 6. The zero-order valence-corrected chi connectivity index (χ0v) is 20.4. The third-order valence-electron chi connectivity index (χ3n) is 5.96. The molecule has 0 aromatic carbocycles. The number of azide groups is 1. The number of imidazole rings is 1. The van der Waals surface area contributed by atoms with Crippen molar-refractivity contribution in [1.29, 1.82) is 0 Å². The molecule has 0 aliphatic carbocycles. The van der Waals surface area contributed by atoms with Gasteiger partial charge in [0.2, 0.25) is 5.95 Å². The topological polar surface area (TPSA) is 303 Å². The Labute approximate surface area is 209 Å². The first-order valence-electron chi connectivity index (χ1n) is 10.6. The largest absolute Gasteiger partial charge is 0.481 e. The van der Waals surface area contributed by atoms with Crippen molar-refractivity contribution in [2.45, 2.75) is 49.1 Å². The Hall–Kier alpha value is -2.32. The Kier molecular flexibility index (Phi) is 6.96. The number of aromatic nitrogens is 4. The number of nitrogens with zero attached hydrogens (tertiary/aromatic N) is 7. The molecule has 4 aliphatic heterocycles. The molecule has 2 unspecified atom stereocenters. The lowest BCUT2D eigenvalue weighted by Gasteiger charge is -2.21. The molecule has 21 nitrogen and oxygen atoms in total. The molecule has 0 saturated carbocycles. The lowest BCUT2D eigenvalue weighted by molar-refractivity contribution is -0.0559. The van der Waals surface area contributed by atoms with Crippen LogP contribution in [0.3, 0.4) is 0 Å². The van der Waals surface area contributed by atoms with Gasteiger partial charge in [-0.2, -0.15) is 4.31 Å². The smallest absolute Gasteiger partial charge is 0.387 e. The lowest BCUT2D eigenvalue weighted by Crippen LogP contribution is -2.36. The highest BCUT2D eigenvalue weighted by Gasteiger charge is 2.49. The van der Waals surface area contributed by atoms with Gasteiger partial charge >= 0.3 is 15.6 Å². The summed E-state index contributed by atoms with van der Waals surface area (Å²) in [5, 5.41) is 45.2. The fourth-order valence-electron chi connectivity index (χ4n) is 4.19. The molecule has 4 aliphatic rings. The predicted molar refractivity (Wildman–Crippen MR) is 115 cm³/mol. The number of rotatable bonds is 1. The molecule has 6 rings (SSSR count). The van der Waals surface area contributed by atoms with E-state index >= 15 is 0 Å². The number of phosphoric ester groups is 2. The second-order valence-corrected chi connectivity index (χ2v) is 11.3. The Balaban J connectivity index is 1.65. The van der Waals surface area contributed by atoms with Gasteiger partial charge in [-0.3, -0.25) is 23.0 Å². The summed E-state index contributed by atoms with van der Waals surface area (Å²) in [5.74, 6) is -0.530. The Morgan fingerprint density at radius 1 is 0.974 bits per heavy atom. The van der Waals surface area contributed by atoms with Crippen molar-refractivity contribution in [3.8, 4) is 0 Å². The second-order valence-electron chi connectivity index (χ2n) is 8.30. The summed E-state index contributed by atoms with van der Waals surface area (Å²) in [6, 6.07) is 0. The Bertz CT molecular complexity index is 1460. The summed E-state index contributed by atoms with van der Waals surface area (Å²) in [7, 11) is -10.7. The van der Waals surface area contributed by atoms with Crippen LogP contribution in [0.2, 0.25) is 0 Å². The van der Waals surface area contributed by atoms with Crippen molar-refractivity contribution in [2.24, 2.45) is 5.11 Å². The summed E-state index contributed by atoms with van der Waals surface area (Å²) in [4.78, 5) is 43.5. The Morgan fingerprint density at radius 2 is 1.53 bits per heavy atom. The van der Waals surface area contributed by atoms with Crippen LogP contribution in [-0.2, 0) is 32.0 Å². The Morgan fingerprint density at radius 3 is 2.11 bits per heavy atom. The zero-order valence-electron chi connectivity index (χ0n) is 18.6. The highest BCUT2D eigenvalue weighted by molar-refractivity contribution is 7.61. The van der Waals surface area contributed by atoms with Crippen LogP contribution in [0.15, 0.2) is 16.2 Å². The maximum absolute atomic E-state index is 13.2. The van der Waals surface area contributed by atoms with Crippen molar-refractivity contribution in [3.63, 3.8) is 0 Å². The van der Waals surface area contributed by atoms with Gasteiger partial charge in [0.15, 0.2) is 23.6 Å².